The van der Waals surface area contributed by atoms with Crippen LogP contribution in [0.4, 0.5) is 14.9 Å². The topological polar surface area (TPSA) is 61.0 Å². The van der Waals surface area contributed by atoms with Crippen LogP contribution < -0.4 is 5.32 Å². The SMILES string of the molecule is Cc1cc(C)cc(NC(=O)N2CCc3c([nH]c4cnccc34)C2c2cccc(F)c2)c1. The highest BCUT2D eigenvalue weighted by atomic mass is 19.1. The average Bonchev–Trinajstić information content (AvgIpc) is 3.11. The zero-order valence-corrected chi connectivity index (χ0v) is 17.4. The maximum atomic E-state index is 14.1. The fourth-order valence-electron chi connectivity index (χ4n) is 4.63. The second-order valence-corrected chi connectivity index (χ2v) is 8.15. The second-order valence-electron chi connectivity index (χ2n) is 8.15. The van der Waals surface area contributed by atoms with Crippen molar-refractivity contribution < 1.29 is 9.18 Å². The zero-order chi connectivity index (χ0) is 21.5. The van der Waals surface area contributed by atoms with Crippen molar-refractivity contribution in [3.63, 3.8) is 0 Å². The molecule has 0 aliphatic carbocycles. The largest absolute Gasteiger partial charge is 0.355 e. The van der Waals surface area contributed by atoms with Crippen molar-refractivity contribution in [1.29, 1.82) is 0 Å². The molecule has 1 aliphatic heterocycles. The van der Waals surface area contributed by atoms with Crippen LogP contribution in [0.3, 0.4) is 0 Å². The molecule has 1 unspecified atom stereocenters. The minimum atomic E-state index is -0.419. The van der Waals surface area contributed by atoms with Gasteiger partial charge in [-0.15, -0.1) is 0 Å². The number of carbonyl (C=O) groups excluding carboxylic acids is 1. The van der Waals surface area contributed by atoms with Gasteiger partial charge in [0.25, 0.3) is 0 Å². The van der Waals surface area contributed by atoms with E-state index in [4.69, 9.17) is 0 Å². The fourth-order valence-corrected chi connectivity index (χ4v) is 4.63. The summed E-state index contributed by atoms with van der Waals surface area (Å²) in [5.74, 6) is -0.322. The Balaban J connectivity index is 1.58. The van der Waals surface area contributed by atoms with Crippen LogP contribution in [0.15, 0.2) is 60.9 Å². The number of aromatic amines is 1. The van der Waals surface area contributed by atoms with Crippen LogP contribution in [0.2, 0.25) is 0 Å². The summed E-state index contributed by atoms with van der Waals surface area (Å²) in [7, 11) is 0. The molecule has 0 fully saturated rings. The Bertz CT molecular complexity index is 1280. The van der Waals surface area contributed by atoms with Gasteiger partial charge in [0.1, 0.15) is 5.82 Å². The van der Waals surface area contributed by atoms with Crippen molar-refractivity contribution in [3.05, 3.63) is 94.7 Å². The summed E-state index contributed by atoms with van der Waals surface area (Å²) in [6, 6.07) is 13.8. The number of benzene rings is 2. The molecule has 2 amide bonds. The predicted octanol–water partition coefficient (Wildman–Crippen LogP) is 5.50. The fraction of sp³-hybridized carbons (Fsp3) is 0.200. The molecule has 0 bridgehead atoms. The van der Waals surface area contributed by atoms with Gasteiger partial charge in [0.05, 0.1) is 17.8 Å². The Kier molecular flexibility index (Phi) is 4.70. The van der Waals surface area contributed by atoms with Crippen molar-refractivity contribution in [3.8, 4) is 0 Å². The Hall–Kier alpha value is -3.67. The molecule has 0 spiro atoms. The number of anilines is 1. The quantitative estimate of drug-likeness (QED) is 0.455. The molecule has 156 valence electrons. The first kappa shape index (κ1) is 19.3. The van der Waals surface area contributed by atoms with Crippen LogP contribution in [-0.2, 0) is 6.42 Å². The maximum absolute atomic E-state index is 14.1. The van der Waals surface area contributed by atoms with E-state index in [1.54, 1.807) is 23.4 Å². The summed E-state index contributed by atoms with van der Waals surface area (Å²) in [4.78, 5) is 22.8. The molecule has 4 aromatic rings. The number of hydrogen-bond acceptors (Lipinski definition) is 2. The highest BCUT2D eigenvalue weighted by Gasteiger charge is 2.34. The van der Waals surface area contributed by atoms with Crippen molar-refractivity contribution >= 4 is 22.6 Å². The number of fused-ring (bicyclic) bond motifs is 3. The molecule has 5 nitrogen and oxygen atoms in total. The van der Waals surface area contributed by atoms with Gasteiger partial charge in [0, 0.05) is 29.5 Å². The number of aryl methyl sites for hydroxylation is 2. The first-order valence-electron chi connectivity index (χ1n) is 10.4. The van der Waals surface area contributed by atoms with Crippen LogP contribution in [0.25, 0.3) is 10.9 Å². The number of urea groups is 1. The molecule has 2 N–H and O–H groups in total. The summed E-state index contributed by atoms with van der Waals surface area (Å²) in [6.45, 7) is 4.54. The van der Waals surface area contributed by atoms with Crippen molar-refractivity contribution in [1.82, 2.24) is 14.9 Å². The first-order valence-corrected chi connectivity index (χ1v) is 10.4. The molecule has 1 aliphatic rings. The van der Waals surface area contributed by atoms with E-state index in [0.717, 1.165) is 44.5 Å². The Morgan fingerprint density at radius 1 is 1.16 bits per heavy atom. The summed E-state index contributed by atoms with van der Waals surface area (Å²) >= 11 is 0. The number of pyridine rings is 1. The van der Waals surface area contributed by atoms with Crippen LogP contribution >= 0.6 is 0 Å². The lowest BCUT2D eigenvalue weighted by Gasteiger charge is -2.36. The van der Waals surface area contributed by atoms with Gasteiger partial charge in [0.15, 0.2) is 0 Å². The Labute approximate surface area is 179 Å². The van der Waals surface area contributed by atoms with Crippen molar-refractivity contribution in [2.45, 2.75) is 26.3 Å². The highest BCUT2D eigenvalue weighted by Crippen LogP contribution is 2.38. The number of nitrogens with zero attached hydrogens (tertiary/aromatic N) is 2. The Morgan fingerprint density at radius 3 is 2.74 bits per heavy atom. The molecule has 31 heavy (non-hydrogen) atoms. The maximum Gasteiger partial charge on any atom is 0.322 e. The molecule has 2 aromatic heterocycles. The first-order chi connectivity index (χ1) is 15.0. The van der Waals surface area contributed by atoms with E-state index in [0.29, 0.717) is 13.0 Å². The van der Waals surface area contributed by atoms with E-state index in [1.165, 1.54) is 12.1 Å². The molecule has 0 saturated carbocycles. The number of nitrogens with one attached hydrogen (secondary N) is 2. The normalized spacial score (nSPS) is 15.7. The number of halogens is 1. The van der Waals surface area contributed by atoms with Crippen LogP contribution in [-0.4, -0.2) is 27.4 Å². The lowest BCUT2D eigenvalue weighted by atomic mass is 9.92. The average molecular weight is 414 g/mol. The molecule has 0 saturated heterocycles. The molecule has 1 atom stereocenters. The highest BCUT2D eigenvalue weighted by molar-refractivity contribution is 5.91. The van der Waals surface area contributed by atoms with E-state index >= 15 is 0 Å². The monoisotopic (exact) mass is 414 g/mol. The van der Waals surface area contributed by atoms with Gasteiger partial charge in [-0.25, -0.2) is 9.18 Å². The van der Waals surface area contributed by atoms with Gasteiger partial charge < -0.3 is 15.2 Å². The predicted molar refractivity (Wildman–Crippen MR) is 120 cm³/mol. The number of H-pyrrole nitrogens is 1. The number of aromatic nitrogens is 2. The van der Waals surface area contributed by atoms with Crippen molar-refractivity contribution in [2.75, 3.05) is 11.9 Å². The molecular formula is C25H23FN4O. The number of carbonyl (C=O) groups is 1. The van der Waals surface area contributed by atoms with E-state index in [9.17, 15) is 9.18 Å². The molecule has 3 heterocycles. The van der Waals surface area contributed by atoms with Crippen molar-refractivity contribution in [2.24, 2.45) is 0 Å². The number of hydrogen-bond donors (Lipinski definition) is 2. The van der Waals surface area contributed by atoms with E-state index in [1.807, 2.05) is 38.1 Å². The molecule has 5 rings (SSSR count). The van der Waals surface area contributed by atoms with Gasteiger partial charge in [0.2, 0.25) is 0 Å². The third kappa shape index (κ3) is 3.54. The molecule has 2 aromatic carbocycles. The zero-order valence-electron chi connectivity index (χ0n) is 17.4. The number of rotatable bonds is 2. The smallest absolute Gasteiger partial charge is 0.322 e. The van der Waals surface area contributed by atoms with Gasteiger partial charge >= 0.3 is 6.03 Å². The van der Waals surface area contributed by atoms with Gasteiger partial charge in [-0.2, -0.15) is 0 Å². The van der Waals surface area contributed by atoms with Gasteiger partial charge in [-0.05, 0) is 72.9 Å². The molecule has 0 radical (unpaired) electrons. The summed E-state index contributed by atoms with van der Waals surface area (Å²) in [6.07, 6.45) is 4.27. The standard InChI is InChI=1S/C25H23FN4O/c1-15-10-16(2)12-19(11-15)28-25(31)30-9-7-21-20-6-8-27-14-22(20)29-23(21)24(30)17-4-3-5-18(26)13-17/h3-6,8,10-14,24,29H,7,9H2,1-2H3,(H,28,31). The van der Waals surface area contributed by atoms with E-state index in [2.05, 4.69) is 21.4 Å². The third-order valence-electron chi connectivity index (χ3n) is 5.83. The van der Waals surface area contributed by atoms with Crippen LogP contribution in [0.5, 0.6) is 0 Å². The summed E-state index contributed by atoms with van der Waals surface area (Å²) in [5.41, 5.74) is 6.65. The molecular weight excluding hydrogens is 391 g/mol. The van der Waals surface area contributed by atoms with Crippen LogP contribution in [0.1, 0.15) is 34.0 Å². The lowest BCUT2D eigenvalue weighted by molar-refractivity contribution is 0.193. The Morgan fingerprint density at radius 2 is 1.97 bits per heavy atom. The number of amides is 2. The minimum Gasteiger partial charge on any atom is -0.355 e. The minimum absolute atomic E-state index is 0.207. The summed E-state index contributed by atoms with van der Waals surface area (Å²) < 4.78 is 14.1. The third-order valence-corrected chi connectivity index (χ3v) is 5.83. The van der Waals surface area contributed by atoms with E-state index < -0.39 is 6.04 Å². The molecule has 6 heteroatoms. The van der Waals surface area contributed by atoms with Crippen LogP contribution in [0, 0.1) is 19.7 Å². The van der Waals surface area contributed by atoms with Gasteiger partial charge in [-0.1, -0.05) is 18.2 Å². The summed E-state index contributed by atoms with van der Waals surface area (Å²) in [5, 5.41) is 4.14. The lowest BCUT2D eigenvalue weighted by Crippen LogP contribution is -2.43. The van der Waals surface area contributed by atoms with Gasteiger partial charge in [-0.3, -0.25) is 4.98 Å². The van der Waals surface area contributed by atoms with E-state index in [-0.39, 0.29) is 11.8 Å². The second kappa shape index (κ2) is 7.54.